The fourth-order valence-corrected chi connectivity index (χ4v) is 12.3. The molecule has 4 saturated heterocycles. The Morgan fingerprint density at radius 2 is 1.21 bits per heavy atom. The smallest absolute Gasteiger partial charge is 0.327 e. The first-order valence-corrected chi connectivity index (χ1v) is 29.8. The van der Waals surface area contributed by atoms with Gasteiger partial charge in [-0.25, -0.2) is 13.6 Å². The fraction of sp³-hybridized carbons (Fsp3) is 0.619. The number of nitrogens with zero attached hydrogens (tertiary/aromatic N) is 3. The lowest BCUT2D eigenvalue weighted by molar-refractivity contribution is -0.147. The van der Waals surface area contributed by atoms with Crippen molar-refractivity contribution in [1.29, 1.82) is 0 Å². The van der Waals surface area contributed by atoms with Crippen LogP contribution in [-0.2, 0) is 76.5 Å². The molecule has 6 heterocycles. The predicted molar refractivity (Wildman–Crippen MR) is 304 cm³/mol. The minimum absolute atomic E-state index is 0. The number of nitrogens with one attached hydrogen (secondary N) is 1. The number of methoxy groups -OCH3 is 2. The van der Waals surface area contributed by atoms with Crippen molar-refractivity contribution in [3.05, 3.63) is 128 Å². The number of carbonyl (C=O) groups is 2. The number of aryl methyl sites for hydroxylation is 6. The molecule has 15 heteroatoms. The Morgan fingerprint density at radius 3 is 1.73 bits per heavy atom. The molecule has 4 fully saturated rings. The summed E-state index contributed by atoms with van der Waals surface area (Å²) in [5.74, 6) is -0.456. The number of likely N-dealkylation sites (tertiary alicyclic amines) is 1. The molecule has 78 heavy (non-hydrogen) atoms. The maximum atomic E-state index is 14.4. The second kappa shape index (κ2) is 32.3. The van der Waals surface area contributed by atoms with Crippen LogP contribution >= 0.6 is 15.9 Å². The number of benzene rings is 2. The van der Waals surface area contributed by atoms with Crippen LogP contribution in [-0.4, -0.2) is 107 Å². The molecule has 0 radical (unpaired) electrons. The summed E-state index contributed by atoms with van der Waals surface area (Å²) in [5.41, 5.74) is 11.0. The van der Waals surface area contributed by atoms with Crippen LogP contribution in [0.3, 0.4) is 0 Å². The maximum Gasteiger partial charge on any atom is 0.327 e. The first-order valence-electron chi connectivity index (χ1n) is 28.8. The van der Waals surface area contributed by atoms with Gasteiger partial charge in [-0.3, -0.25) is 19.7 Å². The number of esters is 2. The second-order valence-corrected chi connectivity index (χ2v) is 22.6. The summed E-state index contributed by atoms with van der Waals surface area (Å²) >= 11 is 3.27. The van der Waals surface area contributed by atoms with Gasteiger partial charge in [0.05, 0.1) is 39.6 Å². The quantitative estimate of drug-likeness (QED) is 0.0545. The van der Waals surface area contributed by atoms with E-state index in [2.05, 4.69) is 50.4 Å². The summed E-state index contributed by atoms with van der Waals surface area (Å²) < 4.78 is 61.3. The van der Waals surface area contributed by atoms with E-state index < -0.39 is 16.8 Å². The summed E-state index contributed by atoms with van der Waals surface area (Å²) in [6.07, 6.45) is 21.8. The van der Waals surface area contributed by atoms with Crippen LogP contribution < -0.4 is 5.32 Å². The molecule has 1 N–H and O–H groups in total. The summed E-state index contributed by atoms with van der Waals surface area (Å²) in [6.45, 7) is 8.29. The van der Waals surface area contributed by atoms with Gasteiger partial charge in [0, 0.05) is 62.3 Å². The second-order valence-electron chi connectivity index (χ2n) is 21.7. The monoisotopic (exact) mass is 1140 g/mol. The molecular weight excluding hydrogens is 1060 g/mol. The number of carbonyl (C=O) groups excluding carboxylic acids is 2. The van der Waals surface area contributed by atoms with Crippen LogP contribution in [0.15, 0.2) is 60.7 Å². The Kier molecular flexibility index (Phi) is 25.4. The van der Waals surface area contributed by atoms with Crippen molar-refractivity contribution < 1.29 is 46.8 Å². The highest BCUT2D eigenvalue weighted by molar-refractivity contribution is 9.09. The molecule has 2 unspecified atom stereocenters. The van der Waals surface area contributed by atoms with E-state index in [1.165, 1.54) is 112 Å². The summed E-state index contributed by atoms with van der Waals surface area (Å²) in [6, 6.07) is 17.5. The summed E-state index contributed by atoms with van der Waals surface area (Å²) in [7, 11) is 2.71. The molecule has 6 aliphatic rings. The van der Waals surface area contributed by atoms with Crippen LogP contribution in [0.5, 0.6) is 0 Å². The summed E-state index contributed by atoms with van der Waals surface area (Å²) in [4.78, 5) is 35.8. The van der Waals surface area contributed by atoms with Gasteiger partial charge >= 0.3 is 11.9 Å². The van der Waals surface area contributed by atoms with Crippen molar-refractivity contribution in [2.45, 2.75) is 159 Å². The van der Waals surface area contributed by atoms with Crippen molar-refractivity contribution in [3.63, 3.8) is 0 Å². The molecule has 4 aliphatic heterocycles. The number of rotatable bonds is 19. The minimum Gasteiger partial charge on any atom is -0.468 e. The lowest BCUT2D eigenvalue weighted by Gasteiger charge is -2.31. The number of fused-ring (bicyclic) bond motifs is 2. The number of alkyl halides is 1. The normalized spacial score (nSPS) is 21.8. The lowest BCUT2D eigenvalue weighted by Crippen LogP contribution is -2.35. The predicted octanol–water partition coefficient (Wildman–Crippen LogP) is 12.4. The highest BCUT2D eigenvalue weighted by atomic mass is 79.9. The highest BCUT2D eigenvalue weighted by Crippen LogP contribution is 2.39. The van der Waals surface area contributed by atoms with Crippen molar-refractivity contribution in [3.8, 4) is 0 Å². The van der Waals surface area contributed by atoms with E-state index in [0.717, 1.165) is 139 Å². The van der Waals surface area contributed by atoms with Gasteiger partial charge in [-0.15, -0.1) is 0 Å². The van der Waals surface area contributed by atoms with Crippen LogP contribution in [0.1, 0.15) is 177 Å². The molecule has 12 nitrogen and oxygen atoms in total. The van der Waals surface area contributed by atoms with Crippen molar-refractivity contribution >= 4 is 27.9 Å². The largest absolute Gasteiger partial charge is 0.468 e. The zero-order chi connectivity index (χ0) is 53.8. The first-order chi connectivity index (χ1) is 37.7. The average Bonchev–Trinajstić information content (AvgIpc) is 4.19. The van der Waals surface area contributed by atoms with Gasteiger partial charge in [-0.2, -0.15) is 0 Å². The van der Waals surface area contributed by atoms with Gasteiger partial charge < -0.3 is 33.7 Å². The van der Waals surface area contributed by atoms with Gasteiger partial charge in [0.15, 0.2) is 0 Å². The van der Waals surface area contributed by atoms with Gasteiger partial charge in [-0.05, 0) is 223 Å². The van der Waals surface area contributed by atoms with Crippen molar-refractivity contribution in [2.24, 2.45) is 11.8 Å². The molecule has 2 aliphatic carbocycles. The van der Waals surface area contributed by atoms with E-state index in [9.17, 15) is 18.4 Å². The summed E-state index contributed by atoms with van der Waals surface area (Å²) in [5, 5.41) is 3.38. The maximum absolute atomic E-state index is 14.4. The zero-order valence-electron chi connectivity index (χ0n) is 45.7. The minimum atomic E-state index is -0.672. The highest BCUT2D eigenvalue weighted by Gasteiger charge is 2.37. The molecule has 428 valence electrons. The molecular formula is C63H87BrF2N4O8. The van der Waals surface area contributed by atoms with Crippen LogP contribution in [0, 0.1) is 23.5 Å². The van der Waals surface area contributed by atoms with Gasteiger partial charge in [0.25, 0.3) is 0 Å². The van der Waals surface area contributed by atoms with E-state index in [0.29, 0.717) is 50.0 Å². The third-order valence-electron chi connectivity index (χ3n) is 16.0. The number of hydrogen-bond donors (Lipinski definition) is 1. The number of hydrogen-bond acceptors (Lipinski definition) is 12. The van der Waals surface area contributed by atoms with E-state index in [1.54, 1.807) is 12.1 Å². The number of pyridine rings is 2. The molecule has 2 aromatic heterocycles. The number of halogens is 3. The Morgan fingerprint density at radius 1 is 0.667 bits per heavy atom. The molecule has 0 amide bonds. The standard InChI is InChI=1S/C31H41FN2O4.C17H26N2O.C14H16BrFO3.CH4/c1-36-31(35)30(27-19-24(32)12-14-26(27)29-10-4-5-18-38-29)34-16-15-22(20-34)21-37-17-6-8-25-13-11-23-7-2-3-9-28(23)33-25;1-2-6-17-15(4-1)7-8-16(19-17)5-3-11-20-13-14-9-10-18-12-14;1-18-14(17)13(15)11-8-9(16)5-6-10(11)12-4-2-3-7-19-12;/h11-14,19,22,29-30H,2-10,15-18,20-21H2,1H3;7-8,14,18H,1-6,9-13H2;5-6,8,12-13H,2-4,7H2,1H3;1H4/t22-,29+,30?;14-;12-,13?;/m110./s1. The van der Waals surface area contributed by atoms with Crippen LogP contribution in [0.2, 0.25) is 0 Å². The molecule has 4 aromatic rings. The lowest BCUT2D eigenvalue weighted by atomic mass is 9.92. The first kappa shape index (κ1) is 61.4. The van der Waals surface area contributed by atoms with Crippen molar-refractivity contribution in [1.82, 2.24) is 20.2 Å². The molecule has 10 rings (SSSR count). The topological polar surface area (TPSA) is 131 Å². The molecule has 0 bridgehead atoms. The van der Waals surface area contributed by atoms with Gasteiger partial charge in [0.1, 0.15) is 22.5 Å². The van der Waals surface area contributed by atoms with E-state index >= 15 is 0 Å². The zero-order valence-corrected chi connectivity index (χ0v) is 47.3. The number of aromatic nitrogens is 2. The molecule has 6 atom stereocenters. The van der Waals surface area contributed by atoms with Crippen LogP contribution in [0.25, 0.3) is 0 Å². The molecule has 2 aromatic carbocycles. The van der Waals surface area contributed by atoms with Gasteiger partial charge in [-0.1, -0.05) is 47.6 Å². The molecule has 0 saturated carbocycles. The van der Waals surface area contributed by atoms with Gasteiger partial charge in [0.2, 0.25) is 0 Å². The SMILES string of the molecule is C.COC(=O)C(Br)c1cc(F)ccc1[C@@H]1CCCCO1.COC(=O)C(c1cc(F)ccc1[C@@H]1CCCCO1)N1CC[C@@H](COCCCc2ccc3c(n2)CCCC3)C1.c1cc2c(nc1CCCOC[C@@H]1CCNC1)CCCC2. The van der Waals surface area contributed by atoms with Crippen LogP contribution in [0.4, 0.5) is 8.78 Å². The Labute approximate surface area is 471 Å². The Balaban J connectivity index is 0.000000186. The Hall–Kier alpha value is -4.22. The Bertz CT molecular complexity index is 2480. The average molecular weight is 1150 g/mol. The van der Waals surface area contributed by atoms with E-state index in [1.807, 2.05) is 0 Å². The fourth-order valence-electron chi connectivity index (χ4n) is 11.8. The third kappa shape index (κ3) is 17.9. The van der Waals surface area contributed by atoms with E-state index in [4.69, 9.17) is 38.4 Å². The number of ether oxygens (including phenoxy) is 6. The van der Waals surface area contributed by atoms with E-state index in [-0.39, 0.29) is 37.2 Å². The third-order valence-corrected chi connectivity index (χ3v) is 16.9. The van der Waals surface area contributed by atoms with Crippen molar-refractivity contribution in [2.75, 3.05) is 80.0 Å². The molecule has 0 spiro atoms.